The van der Waals surface area contributed by atoms with E-state index in [1.807, 2.05) is 0 Å². The van der Waals surface area contributed by atoms with Crippen molar-refractivity contribution in [3.63, 3.8) is 0 Å². The summed E-state index contributed by atoms with van der Waals surface area (Å²) in [5.41, 5.74) is 0. The number of hydrogen-bond donors (Lipinski definition) is 1. The number of carboxylic acids is 1. The molecule has 2 rings (SSSR count). The summed E-state index contributed by atoms with van der Waals surface area (Å²) < 4.78 is 19.3. The molecule has 0 aliphatic carbocycles. The Morgan fingerprint density at radius 2 is 2.62 bits per heavy atom. The lowest BCUT2D eigenvalue weighted by Gasteiger charge is -2.24. The molecule has 0 amide bonds. The van der Waals surface area contributed by atoms with Crippen LogP contribution in [0, 0.1) is 0 Å². The van der Waals surface area contributed by atoms with Crippen molar-refractivity contribution in [1.29, 1.82) is 0 Å². The standard InChI is InChI=1S/C7H7FN2O3/c8-4-3-10-5(1-2-9-10)13-6(4)7(11)12/h1-2,4,6H,3H2,(H,11,12)/t4-,6?/m1/s1. The molecule has 0 aromatic carbocycles. The molecule has 1 aromatic rings. The quantitative estimate of drug-likeness (QED) is 0.673. The second kappa shape index (κ2) is 2.72. The van der Waals surface area contributed by atoms with Gasteiger partial charge in [-0.05, 0) is 0 Å². The van der Waals surface area contributed by atoms with Gasteiger partial charge in [0.15, 0.2) is 6.17 Å². The van der Waals surface area contributed by atoms with Crippen molar-refractivity contribution >= 4 is 5.97 Å². The van der Waals surface area contributed by atoms with Crippen molar-refractivity contribution < 1.29 is 19.0 Å². The van der Waals surface area contributed by atoms with Crippen LogP contribution in [0.2, 0.25) is 0 Å². The van der Waals surface area contributed by atoms with Crippen molar-refractivity contribution in [3.05, 3.63) is 12.3 Å². The summed E-state index contributed by atoms with van der Waals surface area (Å²) in [5, 5.41) is 12.3. The Morgan fingerprint density at radius 1 is 1.85 bits per heavy atom. The van der Waals surface area contributed by atoms with Gasteiger partial charge in [-0.25, -0.2) is 13.9 Å². The van der Waals surface area contributed by atoms with Crippen molar-refractivity contribution in [2.24, 2.45) is 0 Å². The zero-order valence-corrected chi connectivity index (χ0v) is 6.55. The smallest absolute Gasteiger partial charge is 0.348 e. The van der Waals surface area contributed by atoms with Crippen molar-refractivity contribution in [1.82, 2.24) is 9.78 Å². The number of carboxylic acid groups (broad SMARTS) is 1. The Kier molecular flexibility index (Phi) is 1.68. The number of fused-ring (bicyclic) bond motifs is 1. The molecule has 1 aliphatic heterocycles. The van der Waals surface area contributed by atoms with E-state index in [0.717, 1.165) is 0 Å². The van der Waals surface area contributed by atoms with Crippen LogP contribution in [0.4, 0.5) is 4.39 Å². The fraction of sp³-hybridized carbons (Fsp3) is 0.429. The second-order valence-electron chi connectivity index (χ2n) is 2.74. The van der Waals surface area contributed by atoms with Gasteiger partial charge in [0, 0.05) is 6.07 Å². The maximum absolute atomic E-state index is 13.1. The van der Waals surface area contributed by atoms with Gasteiger partial charge in [0.1, 0.15) is 0 Å². The molecule has 0 fully saturated rings. The van der Waals surface area contributed by atoms with Gasteiger partial charge in [0.05, 0.1) is 12.7 Å². The lowest BCUT2D eigenvalue weighted by atomic mass is 10.2. The van der Waals surface area contributed by atoms with Crippen LogP contribution in [-0.2, 0) is 11.3 Å². The van der Waals surface area contributed by atoms with Crippen LogP contribution in [0.25, 0.3) is 0 Å². The highest BCUT2D eigenvalue weighted by molar-refractivity contribution is 5.73. The number of nitrogens with zero attached hydrogens (tertiary/aromatic N) is 2. The lowest BCUT2D eigenvalue weighted by Crippen LogP contribution is -2.43. The molecule has 13 heavy (non-hydrogen) atoms. The van der Waals surface area contributed by atoms with E-state index in [0.29, 0.717) is 5.88 Å². The van der Waals surface area contributed by atoms with Crippen molar-refractivity contribution in [3.8, 4) is 5.88 Å². The Hall–Kier alpha value is -1.59. The zero-order chi connectivity index (χ0) is 9.42. The Morgan fingerprint density at radius 3 is 3.31 bits per heavy atom. The van der Waals surface area contributed by atoms with Gasteiger partial charge in [-0.1, -0.05) is 0 Å². The summed E-state index contributed by atoms with van der Waals surface area (Å²) in [6.45, 7) is -0.0701. The first kappa shape index (κ1) is 8.03. The number of aliphatic carboxylic acids is 1. The van der Waals surface area contributed by atoms with Crippen molar-refractivity contribution in [2.45, 2.75) is 18.8 Å². The summed E-state index contributed by atoms with van der Waals surface area (Å²) in [7, 11) is 0. The van der Waals surface area contributed by atoms with E-state index >= 15 is 0 Å². The van der Waals surface area contributed by atoms with Crippen LogP contribution < -0.4 is 4.74 Å². The van der Waals surface area contributed by atoms with Gasteiger partial charge in [-0.2, -0.15) is 5.10 Å². The molecule has 0 spiro atoms. The predicted molar refractivity (Wildman–Crippen MR) is 39.2 cm³/mol. The molecule has 0 bridgehead atoms. The van der Waals surface area contributed by atoms with Crippen LogP contribution in [0.15, 0.2) is 12.3 Å². The zero-order valence-electron chi connectivity index (χ0n) is 6.55. The van der Waals surface area contributed by atoms with Crippen LogP contribution >= 0.6 is 0 Å². The first-order valence-electron chi connectivity index (χ1n) is 3.74. The number of rotatable bonds is 1. The summed E-state index contributed by atoms with van der Waals surface area (Å²) in [5.74, 6) is -0.999. The number of alkyl halides is 1. The molecule has 1 aliphatic rings. The minimum Gasteiger partial charge on any atom is -0.478 e. The number of hydrogen-bond acceptors (Lipinski definition) is 3. The fourth-order valence-electron chi connectivity index (χ4n) is 1.23. The summed E-state index contributed by atoms with van der Waals surface area (Å²) in [4.78, 5) is 10.5. The number of halogens is 1. The van der Waals surface area contributed by atoms with E-state index in [9.17, 15) is 9.18 Å². The minimum absolute atomic E-state index is 0.0701. The fourth-order valence-corrected chi connectivity index (χ4v) is 1.23. The minimum atomic E-state index is -1.55. The first-order valence-corrected chi connectivity index (χ1v) is 3.74. The molecule has 0 saturated heterocycles. The second-order valence-corrected chi connectivity index (χ2v) is 2.74. The molecule has 0 radical (unpaired) electrons. The van der Waals surface area contributed by atoms with E-state index in [4.69, 9.17) is 9.84 Å². The largest absolute Gasteiger partial charge is 0.478 e. The van der Waals surface area contributed by atoms with E-state index in [1.165, 1.54) is 16.9 Å². The third-order valence-corrected chi connectivity index (χ3v) is 1.84. The maximum atomic E-state index is 13.1. The average Bonchev–Trinajstić information content (AvgIpc) is 2.48. The van der Waals surface area contributed by atoms with Crippen LogP contribution in [0.5, 0.6) is 5.88 Å². The van der Waals surface area contributed by atoms with Crippen LogP contribution in [-0.4, -0.2) is 33.1 Å². The van der Waals surface area contributed by atoms with Gasteiger partial charge in [-0.15, -0.1) is 0 Å². The highest BCUT2D eigenvalue weighted by Crippen LogP contribution is 2.21. The van der Waals surface area contributed by atoms with Gasteiger partial charge in [0.25, 0.3) is 0 Å². The van der Waals surface area contributed by atoms with Gasteiger partial charge >= 0.3 is 5.97 Å². The molecule has 5 nitrogen and oxygen atoms in total. The molecule has 0 saturated carbocycles. The third-order valence-electron chi connectivity index (χ3n) is 1.84. The van der Waals surface area contributed by atoms with Crippen molar-refractivity contribution in [2.75, 3.05) is 0 Å². The van der Waals surface area contributed by atoms with Crippen LogP contribution in [0.3, 0.4) is 0 Å². The highest BCUT2D eigenvalue weighted by atomic mass is 19.1. The Labute approximate surface area is 72.7 Å². The SMILES string of the molecule is O=C(O)C1Oc2ccnn2C[C@H]1F. The van der Waals surface area contributed by atoms with E-state index in [1.54, 1.807) is 0 Å². The Balaban J connectivity index is 2.27. The van der Waals surface area contributed by atoms with E-state index in [2.05, 4.69) is 5.10 Å². The highest BCUT2D eigenvalue weighted by Gasteiger charge is 2.35. The summed E-state index contributed by atoms with van der Waals surface area (Å²) >= 11 is 0. The maximum Gasteiger partial charge on any atom is 0.348 e. The normalized spacial score (nSPS) is 26.2. The Bertz CT molecular complexity index is 338. The summed E-state index contributed by atoms with van der Waals surface area (Å²) in [6.07, 6.45) is -1.53. The van der Waals surface area contributed by atoms with Gasteiger partial charge in [0.2, 0.25) is 12.0 Å². The molecule has 1 aromatic heterocycles. The van der Waals surface area contributed by atoms with Gasteiger partial charge < -0.3 is 9.84 Å². The number of ether oxygens (including phenoxy) is 1. The predicted octanol–water partition coefficient (Wildman–Crippen LogP) is 0.0668. The molecular weight excluding hydrogens is 179 g/mol. The van der Waals surface area contributed by atoms with E-state index in [-0.39, 0.29) is 6.54 Å². The molecule has 6 heteroatoms. The molecule has 1 N–H and O–H groups in total. The molecule has 2 atom stereocenters. The molecule has 2 heterocycles. The van der Waals surface area contributed by atoms with E-state index < -0.39 is 18.2 Å². The molecular formula is C7H7FN2O3. The number of carbonyl (C=O) groups is 1. The topological polar surface area (TPSA) is 64.3 Å². The molecule has 1 unspecified atom stereocenters. The lowest BCUT2D eigenvalue weighted by molar-refractivity contribution is -0.150. The van der Waals surface area contributed by atoms with Gasteiger partial charge in [-0.3, -0.25) is 0 Å². The third kappa shape index (κ3) is 1.24. The van der Waals surface area contributed by atoms with Crippen LogP contribution in [0.1, 0.15) is 0 Å². The average molecular weight is 186 g/mol. The summed E-state index contributed by atoms with van der Waals surface area (Å²) in [6, 6.07) is 1.50. The molecule has 70 valence electrons. The monoisotopic (exact) mass is 186 g/mol. The first-order chi connectivity index (χ1) is 6.18. The number of aromatic nitrogens is 2.